The number of carboxylic acids is 1. The molecule has 2 atom stereocenters. The Kier molecular flexibility index (Phi) is 4.41. The number of carboxylic acid groups (broad SMARTS) is 1. The van der Waals surface area contributed by atoms with Crippen LogP contribution >= 0.6 is 0 Å². The second kappa shape index (κ2) is 6.48. The minimum absolute atomic E-state index is 0.0128. The van der Waals surface area contributed by atoms with Gasteiger partial charge in [0.1, 0.15) is 18.1 Å². The molecule has 1 amide bonds. The summed E-state index contributed by atoms with van der Waals surface area (Å²) in [5.74, 6) is 0.0257. The van der Waals surface area contributed by atoms with Gasteiger partial charge < -0.3 is 19.5 Å². The molecular weight excluding hydrogens is 298 g/mol. The molecule has 2 aliphatic rings. The van der Waals surface area contributed by atoms with Gasteiger partial charge in [0.15, 0.2) is 0 Å². The smallest absolute Gasteiger partial charge is 0.308 e. The van der Waals surface area contributed by atoms with E-state index >= 15 is 0 Å². The number of amides is 1. The lowest BCUT2D eigenvalue weighted by Gasteiger charge is -2.28. The molecule has 1 N–H and O–H groups in total. The molecule has 1 aromatic carbocycles. The van der Waals surface area contributed by atoms with Crippen molar-refractivity contribution >= 4 is 11.9 Å². The molecule has 6 nitrogen and oxygen atoms in total. The third kappa shape index (κ3) is 3.25. The highest BCUT2D eigenvalue weighted by Crippen LogP contribution is 2.32. The maximum atomic E-state index is 12.6. The van der Waals surface area contributed by atoms with Gasteiger partial charge in [-0.15, -0.1) is 0 Å². The lowest BCUT2D eigenvalue weighted by molar-refractivity contribution is -0.141. The van der Waals surface area contributed by atoms with Crippen LogP contribution in [-0.4, -0.2) is 48.2 Å². The van der Waals surface area contributed by atoms with Crippen molar-refractivity contribution in [3.63, 3.8) is 0 Å². The van der Waals surface area contributed by atoms with E-state index in [-0.39, 0.29) is 11.8 Å². The van der Waals surface area contributed by atoms with Crippen molar-refractivity contribution in [1.82, 2.24) is 4.90 Å². The summed E-state index contributed by atoms with van der Waals surface area (Å²) in [5.41, 5.74) is 0.967. The molecule has 0 spiro atoms. The maximum absolute atomic E-state index is 12.6. The first-order valence-corrected chi connectivity index (χ1v) is 7.98. The van der Waals surface area contributed by atoms with E-state index in [2.05, 4.69) is 0 Å². The van der Waals surface area contributed by atoms with Crippen molar-refractivity contribution in [1.29, 1.82) is 0 Å². The zero-order chi connectivity index (χ0) is 16.4. The van der Waals surface area contributed by atoms with Gasteiger partial charge in [0.05, 0.1) is 18.4 Å². The molecule has 23 heavy (non-hydrogen) atoms. The van der Waals surface area contributed by atoms with Crippen LogP contribution in [0.15, 0.2) is 18.2 Å². The Morgan fingerprint density at radius 2 is 2.22 bits per heavy atom. The van der Waals surface area contributed by atoms with E-state index in [1.165, 1.54) is 0 Å². The molecule has 2 aliphatic heterocycles. The third-order valence-corrected chi connectivity index (χ3v) is 4.45. The van der Waals surface area contributed by atoms with E-state index in [4.69, 9.17) is 14.6 Å². The fraction of sp³-hybridized carbons (Fsp3) is 0.529. The van der Waals surface area contributed by atoms with Crippen LogP contribution in [0.4, 0.5) is 0 Å². The monoisotopic (exact) mass is 319 g/mol. The number of hydrogen-bond acceptors (Lipinski definition) is 4. The van der Waals surface area contributed by atoms with Crippen molar-refractivity contribution in [3.05, 3.63) is 23.8 Å². The van der Waals surface area contributed by atoms with Crippen LogP contribution in [0, 0.1) is 11.8 Å². The van der Waals surface area contributed by atoms with Crippen LogP contribution in [0.1, 0.15) is 18.9 Å². The van der Waals surface area contributed by atoms with Crippen LogP contribution in [0.5, 0.6) is 11.5 Å². The van der Waals surface area contributed by atoms with E-state index in [1.807, 2.05) is 25.1 Å². The van der Waals surface area contributed by atoms with E-state index in [0.29, 0.717) is 39.1 Å². The summed E-state index contributed by atoms with van der Waals surface area (Å²) >= 11 is 0. The van der Waals surface area contributed by atoms with E-state index in [0.717, 1.165) is 17.1 Å². The molecule has 124 valence electrons. The number of ether oxygens (including phenoxy) is 2. The highest BCUT2D eigenvalue weighted by Gasteiger charge is 2.35. The molecule has 0 unspecified atom stereocenters. The normalized spacial score (nSPS) is 23.1. The zero-order valence-corrected chi connectivity index (χ0v) is 13.2. The van der Waals surface area contributed by atoms with Gasteiger partial charge in [-0.1, -0.05) is 0 Å². The Balaban J connectivity index is 1.68. The molecule has 1 aromatic rings. The van der Waals surface area contributed by atoms with Gasteiger partial charge in [0, 0.05) is 13.1 Å². The lowest BCUT2D eigenvalue weighted by Crippen LogP contribution is -2.40. The Labute approximate surface area is 135 Å². The molecular formula is C17H21NO5. The Bertz CT molecular complexity index is 615. The van der Waals surface area contributed by atoms with Crippen molar-refractivity contribution in [2.24, 2.45) is 11.8 Å². The van der Waals surface area contributed by atoms with Crippen LogP contribution in [0.25, 0.3) is 0 Å². The predicted molar refractivity (Wildman–Crippen MR) is 82.6 cm³/mol. The topological polar surface area (TPSA) is 76.1 Å². The first-order valence-electron chi connectivity index (χ1n) is 7.98. The summed E-state index contributed by atoms with van der Waals surface area (Å²) in [6, 6.07) is 5.65. The standard InChI is InChI=1S/C17H21NO5/c1-2-22-14-3-4-15-12(8-14)7-13(10-23-15)16(19)18-6-5-11(9-18)17(20)21/h3-4,8,11,13H,2,5-7,9-10H2,1H3,(H,20,21)/t11-,13-/m1/s1. The Morgan fingerprint density at radius 1 is 1.39 bits per heavy atom. The Morgan fingerprint density at radius 3 is 2.91 bits per heavy atom. The number of fused-ring (bicyclic) bond motifs is 1. The molecule has 0 bridgehead atoms. The van der Waals surface area contributed by atoms with Crippen LogP contribution in [0.3, 0.4) is 0 Å². The summed E-state index contributed by atoms with van der Waals surface area (Å²) in [6.07, 6.45) is 1.13. The third-order valence-electron chi connectivity index (χ3n) is 4.45. The van der Waals surface area contributed by atoms with Crippen LogP contribution in [0.2, 0.25) is 0 Å². The number of hydrogen-bond donors (Lipinski definition) is 1. The number of likely N-dealkylation sites (tertiary alicyclic amines) is 1. The van der Waals surface area contributed by atoms with Gasteiger partial charge in [-0.25, -0.2) is 0 Å². The van der Waals surface area contributed by atoms with E-state index in [1.54, 1.807) is 4.90 Å². The van der Waals surface area contributed by atoms with Crippen molar-refractivity contribution < 1.29 is 24.2 Å². The van der Waals surface area contributed by atoms with Crippen LogP contribution < -0.4 is 9.47 Å². The van der Waals surface area contributed by atoms with E-state index in [9.17, 15) is 9.59 Å². The first-order chi connectivity index (χ1) is 11.1. The summed E-state index contributed by atoms with van der Waals surface area (Å²) < 4.78 is 11.2. The van der Waals surface area contributed by atoms with Crippen LogP contribution in [-0.2, 0) is 16.0 Å². The Hall–Kier alpha value is -2.24. The molecule has 0 radical (unpaired) electrons. The van der Waals surface area contributed by atoms with E-state index < -0.39 is 11.9 Å². The van der Waals surface area contributed by atoms with Gasteiger partial charge in [-0.05, 0) is 43.5 Å². The SMILES string of the molecule is CCOc1ccc2c(c1)C[C@@H](C(=O)N1CC[C@@H](C(=O)O)C1)CO2. The zero-order valence-electron chi connectivity index (χ0n) is 13.2. The molecule has 1 saturated heterocycles. The van der Waals surface area contributed by atoms with Crippen molar-refractivity contribution in [3.8, 4) is 11.5 Å². The quantitative estimate of drug-likeness (QED) is 0.911. The number of aliphatic carboxylic acids is 1. The highest BCUT2D eigenvalue weighted by atomic mass is 16.5. The maximum Gasteiger partial charge on any atom is 0.308 e. The summed E-state index contributed by atoms with van der Waals surface area (Å²) in [6.45, 7) is 3.67. The summed E-state index contributed by atoms with van der Waals surface area (Å²) in [4.78, 5) is 25.3. The minimum atomic E-state index is -0.827. The van der Waals surface area contributed by atoms with Gasteiger partial charge in [0.25, 0.3) is 0 Å². The largest absolute Gasteiger partial charge is 0.494 e. The number of carbonyl (C=O) groups excluding carboxylic acids is 1. The molecule has 0 aliphatic carbocycles. The molecule has 3 rings (SSSR count). The molecule has 6 heteroatoms. The minimum Gasteiger partial charge on any atom is -0.494 e. The number of nitrogens with zero attached hydrogens (tertiary/aromatic N) is 1. The average molecular weight is 319 g/mol. The molecule has 0 aromatic heterocycles. The number of benzene rings is 1. The molecule has 0 saturated carbocycles. The average Bonchev–Trinajstić information content (AvgIpc) is 3.04. The summed E-state index contributed by atoms with van der Waals surface area (Å²) in [7, 11) is 0. The fourth-order valence-corrected chi connectivity index (χ4v) is 3.21. The number of carbonyl (C=O) groups is 2. The summed E-state index contributed by atoms with van der Waals surface area (Å²) in [5, 5.41) is 9.06. The number of rotatable bonds is 4. The second-order valence-corrected chi connectivity index (χ2v) is 6.02. The van der Waals surface area contributed by atoms with Crippen molar-refractivity contribution in [2.75, 3.05) is 26.3 Å². The first kappa shape index (κ1) is 15.6. The van der Waals surface area contributed by atoms with Crippen molar-refractivity contribution in [2.45, 2.75) is 19.8 Å². The lowest BCUT2D eigenvalue weighted by atomic mass is 9.95. The highest BCUT2D eigenvalue weighted by molar-refractivity contribution is 5.81. The van der Waals surface area contributed by atoms with Gasteiger partial charge >= 0.3 is 5.97 Å². The predicted octanol–water partition coefficient (Wildman–Crippen LogP) is 1.57. The molecule has 1 fully saturated rings. The van der Waals surface area contributed by atoms with Gasteiger partial charge in [-0.2, -0.15) is 0 Å². The van der Waals surface area contributed by atoms with Gasteiger partial charge in [-0.3, -0.25) is 9.59 Å². The molecule has 2 heterocycles. The van der Waals surface area contributed by atoms with Gasteiger partial charge in [0.2, 0.25) is 5.91 Å². The fourth-order valence-electron chi connectivity index (χ4n) is 3.21. The second-order valence-electron chi connectivity index (χ2n) is 6.02.